The first kappa shape index (κ1) is 12.4. The van der Waals surface area contributed by atoms with Crippen molar-refractivity contribution in [3.05, 3.63) is 29.8 Å². The molecule has 2 N–H and O–H groups in total. The second-order valence-electron chi connectivity index (χ2n) is 3.13. The summed E-state index contributed by atoms with van der Waals surface area (Å²) in [6.45, 7) is 0. The van der Waals surface area contributed by atoms with E-state index in [1.54, 1.807) is 26.0 Å². The van der Waals surface area contributed by atoms with Crippen molar-refractivity contribution < 1.29 is 9.47 Å². The van der Waals surface area contributed by atoms with E-state index in [0.29, 0.717) is 0 Å². The minimum Gasteiger partial charge on any atom is -0.398 e. The van der Waals surface area contributed by atoms with Gasteiger partial charge in [0, 0.05) is 19.9 Å². The summed E-state index contributed by atoms with van der Waals surface area (Å²) in [5, 5.41) is 0.0983. The van der Waals surface area contributed by atoms with Gasteiger partial charge in [-0.2, -0.15) is 11.8 Å². The van der Waals surface area contributed by atoms with E-state index >= 15 is 0 Å². The van der Waals surface area contributed by atoms with Crippen LogP contribution in [0.5, 0.6) is 0 Å². The highest BCUT2D eigenvalue weighted by molar-refractivity contribution is 7.98. The van der Waals surface area contributed by atoms with Gasteiger partial charge in [0.25, 0.3) is 0 Å². The molecule has 0 aliphatic rings. The molecule has 1 atom stereocenters. The molecule has 84 valence electrons. The van der Waals surface area contributed by atoms with Gasteiger partial charge in [0.15, 0.2) is 6.29 Å². The predicted octanol–water partition coefficient (Wildman–Crippen LogP) is 2.29. The number of para-hydroxylation sites is 1. The summed E-state index contributed by atoms with van der Waals surface area (Å²) < 4.78 is 10.5. The summed E-state index contributed by atoms with van der Waals surface area (Å²) in [4.78, 5) is 0. The molecule has 1 aromatic carbocycles. The largest absolute Gasteiger partial charge is 0.398 e. The van der Waals surface area contributed by atoms with E-state index in [4.69, 9.17) is 15.2 Å². The maximum absolute atomic E-state index is 5.92. The summed E-state index contributed by atoms with van der Waals surface area (Å²) in [6, 6.07) is 7.78. The van der Waals surface area contributed by atoms with Crippen molar-refractivity contribution in [3.63, 3.8) is 0 Å². The number of hydrogen-bond acceptors (Lipinski definition) is 4. The summed E-state index contributed by atoms with van der Waals surface area (Å²) >= 11 is 1.66. The minimum atomic E-state index is -0.273. The van der Waals surface area contributed by atoms with Gasteiger partial charge in [-0.3, -0.25) is 0 Å². The van der Waals surface area contributed by atoms with Gasteiger partial charge in [-0.25, -0.2) is 0 Å². The Kier molecular flexibility index (Phi) is 4.94. The predicted molar refractivity (Wildman–Crippen MR) is 64.9 cm³/mol. The van der Waals surface area contributed by atoms with Crippen LogP contribution in [0.3, 0.4) is 0 Å². The average molecular weight is 227 g/mol. The Morgan fingerprint density at radius 2 is 1.80 bits per heavy atom. The van der Waals surface area contributed by atoms with Crippen molar-refractivity contribution in [2.75, 3.05) is 26.2 Å². The third-order valence-corrected chi connectivity index (χ3v) is 3.25. The smallest absolute Gasteiger partial charge is 0.172 e. The Bertz CT molecular complexity index is 302. The molecular weight excluding hydrogens is 210 g/mol. The number of ether oxygens (including phenoxy) is 2. The standard InChI is InChI=1S/C11H17NO2S/c1-13-11(14-2)10(15-3)8-6-4-5-7-9(8)12/h4-7,10-11H,12H2,1-3H3. The molecule has 0 bridgehead atoms. The van der Waals surface area contributed by atoms with Gasteiger partial charge in [-0.15, -0.1) is 0 Å². The number of nitrogens with two attached hydrogens (primary N) is 1. The Hall–Kier alpha value is -0.710. The lowest BCUT2D eigenvalue weighted by Gasteiger charge is -2.24. The molecule has 0 heterocycles. The van der Waals surface area contributed by atoms with E-state index in [2.05, 4.69) is 0 Å². The highest BCUT2D eigenvalue weighted by atomic mass is 32.2. The van der Waals surface area contributed by atoms with Gasteiger partial charge in [0.2, 0.25) is 0 Å². The Morgan fingerprint density at radius 1 is 1.20 bits per heavy atom. The fourth-order valence-corrected chi connectivity index (χ4v) is 2.41. The molecule has 0 aromatic heterocycles. The van der Waals surface area contributed by atoms with Crippen LogP contribution in [-0.4, -0.2) is 26.8 Å². The molecule has 0 amide bonds. The van der Waals surface area contributed by atoms with Gasteiger partial charge in [0.1, 0.15) is 0 Å². The molecule has 0 spiro atoms. The molecule has 1 unspecified atom stereocenters. The summed E-state index contributed by atoms with van der Waals surface area (Å²) in [6.07, 6.45) is 1.74. The summed E-state index contributed by atoms with van der Waals surface area (Å²) in [7, 11) is 3.27. The number of anilines is 1. The molecule has 1 aromatic rings. The highest BCUT2D eigenvalue weighted by Gasteiger charge is 2.23. The van der Waals surface area contributed by atoms with Crippen LogP contribution in [-0.2, 0) is 9.47 Å². The van der Waals surface area contributed by atoms with E-state index < -0.39 is 0 Å². The van der Waals surface area contributed by atoms with E-state index in [1.165, 1.54) is 0 Å². The molecule has 15 heavy (non-hydrogen) atoms. The lowest BCUT2D eigenvalue weighted by atomic mass is 10.1. The fourth-order valence-electron chi connectivity index (χ4n) is 1.50. The van der Waals surface area contributed by atoms with Crippen LogP contribution < -0.4 is 5.73 Å². The zero-order valence-corrected chi connectivity index (χ0v) is 10.1. The SMILES string of the molecule is COC(OC)C(SC)c1ccccc1N. The molecule has 3 nitrogen and oxygen atoms in total. The molecule has 0 radical (unpaired) electrons. The Labute approximate surface area is 94.9 Å². The quantitative estimate of drug-likeness (QED) is 0.619. The summed E-state index contributed by atoms with van der Waals surface area (Å²) in [5.41, 5.74) is 7.75. The van der Waals surface area contributed by atoms with Crippen LogP contribution in [0.4, 0.5) is 5.69 Å². The topological polar surface area (TPSA) is 44.5 Å². The summed E-state index contributed by atoms with van der Waals surface area (Å²) in [5.74, 6) is 0. The number of hydrogen-bond donors (Lipinski definition) is 1. The van der Waals surface area contributed by atoms with Crippen molar-refractivity contribution >= 4 is 17.4 Å². The Balaban J connectivity index is 2.96. The molecule has 4 heteroatoms. The molecule has 0 saturated carbocycles. The lowest BCUT2D eigenvalue weighted by Crippen LogP contribution is -2.21. The van der Waals surface area contributed by atoms with E-state index in [9.17, 15) is 0 Å². The molecule has 0 fully saturated rings. The normalized spacial score (nSPS) is 13.1. The van der Waals surface area contributed by atoms with Crippen LogP contribution in [0.25, 0.3) is 0 Å². The van der Waals surface area contributed by atoms with Crippen LogP contribution in [0.1, 0.15) is 10.8 Å². The number of rotatable bonds is 5. The minimum absolute atomic E-state index is 0.0983. The molecule has 0 aliphatic heterocycles. The highest BCUT2D eigenvalue weighted by Crippen LogP contribution is 2.35. The van der Waals surface area contributed by atoms with Gasteiger partial charge >= 0.3 is 0 Å². The number of methoxy groups -OCH3 is 2. The Morgan fingerprint density at radius 3 is 2.27 bits per heavy atom. The second kappa shape index (κ2) is 6.00. The maximum Gasteiger partial charge on any atom is 0.172 e. The van der Waals surface area contributed by atoms with Crippen LogP contribution in [0, 0.1) is 0 Å². The fraction of sp³-hybridized carbons (Fsp3) is 0.455. The molecular formula is C11H17NO2S. The molecule has 1 rings (SSSR count). The first-order valence-corrected chi connectivity index (χ1v) is 5.96. The monoisotopic (exact) mass is 227 g/mol. The van der Waals surface area contributed by atoms with Gasteiger partial charge < -0.3 is 15.2 Å². The first-order chi connectivity index (χ1) is 7.24. The van der Waals surface area contributed by atoms with E-state index in [0.717, 1.165) is 11.3 Å². The van der Waals surface area contributed by atoms with Crippen molar-refractivity contribution in [2.24, 2.45) is 0 Å². The lowest BCUT2D eigenvalue weighted by molar-refractivity contribution is -0.102. The van der Waals surface area contributed by atoms with Gasteiger partial charge in [-0.1, -0.05) is 18.2 Å². The number of nitrogen functional groups attached to an aromatic ring is 1. The average Bonchev–Trinajstić information content (AvgIpc) is 2.27. The van der Waals surface area contributed by atoms with Crippen LogP contribution >= 0.6 is 11.8 Å². The molecule has 0 saturated heterocycles. The number of benzene rings is 1. The molecule has 0 aliphatic carbocycles. The van der Waals surface area contributed by atoms with Crippen LogP contribution in [0.2, 0.25) is 0 Å². The van der Waals surface area contributed by atoms with Gasteiger partial charge in [0.05, 0.1) is 5.25 Å². The third kappa shape index (κ3) is 2.87. The van der Waals surface area contributed by atoms with Gasteiger partial charge in [-0.05, 0) is 17.9 Å². The number of thioether (sulfide) groups is 1. The van der Waals surface area contributed by atoms with Crippen molar-refractivity contribution in [1.82, 2.24) is 0 Å². The van der Waals surface area contributed by atoms with Crippen molar-refractivity contribution in [3.8, 4) is 0 Å². The van der Waals surface area contributed by atoms with E-state index in [-0.39, 0.29) is 11.5 Å². The first-order valence-electron chi connectivity index (χ1n) is 4.67. The zero-order chi connectivity index (χ0) is 11.3. The maximum atomic E-state index is 5.92. The van der Waals surface area contributed by atoms with Crippen molar-refractivity contribution in [1.29, 1.82) is 0 Å². The van der Waals surface area contributed by atoms with E-state index in [1.807, 2.05) is 30.5 Å². The second-order valence-corrected chi connectivity index (χ2v) is 4.10. The van der Waals surface area contributed by atoms with Crippen LogP contribution in [0.15, 0.2) is 24.3 Å². The third-order valence-electron chi connectivity index (χ3n) is 2.27. The zero-order valence-electron chi connectivity index (χ0n) is 9.27. The van der Waals surface area contributed by atoms with Crippen molar-refractivity contribution in [2.45, 2.75) is 11.5 Å².